The van der Waals surface area contributed by atoms with Crippen LogP contribution in [-0.2, 0) is 9.53 Å². The number of carbonyl (C=O) groups excluding carboxylic acids is 1. The van der Waals surface area contributed by atoms with E-state index in [0.717, 1.165) is 6.08 Å². The summed E-state index contributed by atoms with van der Waals surface area (Å²) in [6.45, 7) is 0. The van der Waals surface area contributed by atoms with Crippen LogP contribution in [0.15, 0.2) is 24.4 Å². The molecule has 0 amide bonds. The number of hydrogen-bond donors (Lipinski definition) is 2. The largest absolute Gasteiger partial charge is 0.478 e. The Morgan fingerprint density at radius 2 is 2.22 bits per heavy atom. The molecule has 92 valence electrons. The standard InChI is InChI=1S/C12H10N2O4/c1-18-12(17)8-4-7(2-3-11(15)16)5-10-9(8)6-13-14-10/h2-6H,1H3,(H,13,14)(H,15,16). The third-order valence-corrected chi connectivity index (χ3v) is 2.40. The number of methoxy groups -OCH3 is 1. The summed E-state index contributed by atoms with van der Waals surface area (Å²) in [6, 6.07) is 3.26. The number of rotatable bonds is 3. The Labute approximate surface area is 102 Å². The maximum atomic E-state index is 11.6. The topological polar surface area (TPSA) is 92.3 Å². The molecule has 0 fully saturated rings. The lowest BCUT2D eigenvalue weighted by Gasteiger charge is -2.02. The SMILES string of the molecule is COC(=O)c1cc(C=CC(=O)O)cc2[nH]ncc12. The molecule has 0 aliphatic heterocycles. The van der Waals surface area contributed by atoms with Gasteiger partial charge in [0.2, 0.25) is 0 Å². The van der Waals surface area contributed by atoms with Gasteiger partial charge in [-0.15, -0.1) is 0 Å². The van der Waals surface area contributed by atoms with E-state index in [-0.39, 0.29) is 0 Å². The Hall–Kier alpha value is -2.63. The van der Waals surface area contributed by atoms with Crippen molar-refractivity contribution in [1.82, 2.24) is 10.2 Å². The van der Waals surface area contributed by atoms with E-state index in [4.69, 9.17) is 5.11 Å². The molecule has 6 nitrogen and oxygen atoms in total. The molecule has 1 heterocycles. The average molecular weight is 246 g/mol. The Bertz CT molecular complexity index is 643. The van der Waals surface area contributed by atoms with Gasteiger partial charge in [0, 0.05) is 11.5 Å². The fourth-order valence-corrected chi connectivity index (χ4v) is 1.62. The number of benzene rings is 1. The molecule has 0 spiro atoms. The van der Waals surface area contributed by atoms with Crippen LogP contribution in [-0.4, -0.2) is 34.4 Å². The quantitative estimate of drug-likeness (QED) is 0.631. The Balaban J connectivity index is 2.57. The van der Waals surface area contributed by atoms with Gasteiger partial charge < -0.3 is 9.84 Å². The summed E-state index contributed by atoms with van der Waals surface area (Å²) in [5.41, 5.74) is 1.56. The van der Waals surface area contributed by atoms with Crippen molar-refractivity contribution in [3.63, 3.8) is 0 Å². The second-order valence-electron chi connectivity index (χ2n) is 3.56. The van der Waals surface area contributed by atoms with Crippen LogP contribution in [0.1, 0.15) is 15.9 Å². The minimum Gasteiger partial charge on any atom is -0.478 e. The second kappa shape index (κ2) is 4.70. The molecule has 0 bridgehead atoms. The highest BCUT2D eigenvalue weighted by atomic mass is 16.5. The molecule has 0 saturated carbocycles. The molecule has 0 radical (unpaired) electrons. The molecule has 2 aromatic rings. The number of hydrogen-bond acceptors (Lipinski definition) is 4. The van der Waals surface area contributed by atoms with Gasteiger partial charge in [0.1, 0.15) is 0 Å². The Morgan fingerprint density at radius 1 is 1.44 bits per heavy atom. The Morgan fingerprint density at radius 3 is 2.89 bits per heavy atom. The number of carboxylic acid groups (broad SMARTS) is 1. The molecule has 0 saturated heterocycles. The summed E-state index contributed by atoms with van der Waals surface area (Å²) >= 11 is 0. The highest BCUT2D eigenvalue weighted by molar-refractivity contribution is 6.04. The van der Waals surface area contributed by atoms with Gasteiger partial charge in [-0.2, -0.15) is 5.10 Å². The second-order valence-corrected chi connectivity index (χ2v) is 3.56. The van der Waals surface area contributed by atoms with Gasteiger partial charge in [-0.25, -0.2) is 9.59 Å². The molecule has 1 aromatic heterocycles. The number of esters is 1. The summed E-state index contributed by atoms with van der Waals surface area (Å²) in [4.78, 5) is 22.1. The lowest BCUT2D eigenvalue weighted by atomic mass is 10.1. The molecule has 1 aromatic carbocycles. The minimum absolute atomic E-state index is 0.341. The molecule has 0 unspecified atom stereocenters. The maximum Gasteiger partial charge on any atom is 0.338 e. The number of H-pyrrole nitrogens is 1. The number of aromatic nitrogens is 2. The van der Waals surface area contributed by atoms with Crippen LogP contribution in [0.4, 0.5) is 0 Å². The van der Waals surface area contributed by atoms with Crippen molar-refractivity contribution in [2.75, 3.05) is 7.11 Å². The molecule has 0 aliphatic carbocycles. The van der Waals surface area contributed by atoms with E-state index >= 15 is 0 Å². The number of aromatic amines is 1. The molecular formula is C12H10N2O4. The summed E-state index contributed by atoms with van der Waals surface area (Å²) in [5.74, 6) is -1.55. The zero-order valence-corrected chi connectivity index (χ0v) is 9.51. The monoisotopic (exact) mass is 246 g/mol. The van der Waals surface area contributed by atoms with Crippen molar-refractivity contribution in [2.45, 2.75) is 0 Å². The minimum atomic E-state index is -1.06. The van der Waals surface area contributed by atoms with Crippen molar-refractivity contribution in [3.8, 4) is 0 Å². The number of nitrogens with zero attached hydrogens (tertiary/aromatic N) is 1. The first-order chi connectivity index (χ1) is 8.61. The van der Waals surface area contributed by atoms with Gasteiger partial charge in [0.25, 0.3) is 0 Å². The van der Waals surface area contributed by atoms with Crippen molar-refractivity contribution in [2.24, 2.45) is 0 Å². The molecule has 2 N–H and O–H groups in total. The zero-order chi connectivity index (χ0) is 13.1. The summed E-state index contributed by atoms with van der Waals surface area (Å²) in [7, 11) is 1.29. The van der Waals surface area contributed by atoms with E-state index in [1.54, 1.807) is 12.1 Å². The number of carboxylic acids is 1. The smallest absolute Gasteiger partial charge is 0.338 e. The first kappa shape index (κ1) is 11.8. The van der Waals surface area contributed by atoms with Gasteiger partial charge in [0.05, 0.1) is 24.4 Å². The van der Waals surface area contributed by atoms with Gasteiger partial charge >= 0.3 is 11.9 Å². The van der Waals surface area contributed by atoms with Crippen LogP contribution in [0.5, 0.6) is 0 Å². The number of aliphatic carboxylic acids is 1. The number of ether oxygens (including phenoxy) is 1. The van der Waals surface area contributed by atoms with Crippen LogP contribution in [0, 0.1) is 0 Å². The van der Waals surface area contributed by atoms with E-state index in [2.05, 4.69) is 14.9 Å². The number of carbonyl (C=O) groups is 2. The van der Waals surface area contributed by atoms with Gasteiger partial charge in [-0.1, -0.05) is 0 Å². The fraction of sp³-hybridized carbons (Fsp3) is 0.0833. The van der Waals surface area contributed by atoms with Gasteiger partial charge in [0.15, 0.2) is 0 Å². The molecule has 0 atom stereocenters. The van der Waals surface area contributed by atoms with Crippen molar-refractivity contribution in [1.29, 1.82) is 0 Å². The lowest BCUT2D eigenvalue weighted by molar-refractivity contribution is -0.131. The summed E-state index contributed by atoms with van der Waals surface area (Å²) < 4.78 is 4.67. The maximum absolute atomic E-state index is 11.6. The predicted octanol–water partition coefficient (Wildman–Crippen LogP) is 1.45. The predicted molar refractivity (Wildman–Crippen MR) is 64.1 cm³/mol. The van der Waals surface area contributed by atoms with Crippen LogP contribution < -0.4 is 0 Å². The van der Waals surface area contributed by atoms with Crippen LogP contribution in [0.3, 0.4) is 0 Å². The highest BCUT2D eigenvalue weighted by Crippen LogP contribution is 2.20. The van der Waals surface area contributed by atoms with E-state index in [1.165, 1.54) is 19.4 Å². The van der Waals surface area contributed by atoms with Gasteiger partial charge in [-0.3, -0.25) is 5.10 Å². The lowest BCUT2D eigenvalue weighted by Crippen LogP contribution is -2.02. The highest BCUT2D eigenvalue weighted by Gasteiger charge is 2.12. The first-order valence-electron chi connectivity index (χ1n) is 5.08. The van der Waals surface area contributed by atoms with Crippen molar-refractivity contribution in [3.05, 3.63) is 35.5 Å². The number of nitrogens with one attached hydrogen (secondary N) is 1. The molecule has 18 heavy (non-hydrogen) atoms. The van der Waals surface area contributed by atoms with E-state index in [1.807, 2.05) is 0 Å². The number of fused-ring (bicyclic) bond motifs is 1. The van der Waals surface area contributed by atoms with E-state index in [9.17, 15) is 9.59 Å². The normalized spacial score (nSPS) is 10.9. The van der Waals surface area contributed by atoms with Crippen molar-refractivity contribution < 1.29 is 19.4 Å². The van der Waals surface area contributed by atoms with Gasteiger partial charge in [-0.05, 0) is 23.8 Å². The van der Waals surface area contributed by atoms with Crippen molar-refractivity contribution >= 4 is 28.9 Å². The van der Waals surface area contributed by atoms with Crippen LogP contribution in [0.25, 0.3) is 17.0 Å². The van der Waals surface area contributed by atoms with Crippen LogP contribution >= 0.6 is 0 Å². The molecular weight excluding hydrogens is 236 g/mol. The molecule has 0 aliphatic rings. The van der Waals surface area contributed by atoms with Crippen LogP contribution in [0.2, 0.25) is 0 Å². The summed E-state index contributed by atoms with van der Waals surface area (Å²) in [6.07, 6.45) is 3.92. The molecule has 2 rings (SSSR count). The third kappa shape index (κ3) is 2.22. The Kier molecular flexibility index (Phi) is 3.09. The average Bonchev–Trinajstić information content (AvgIpc) is 2.82. The fourth-order valence-electron chi connectivity index (χ4n) is 1.62. The molecule has 6 heteroatoms. The van der Waals surface area contributed by atoms with E-state index in [0.29, 0.717) is 22.0 Å². The van der Waals surface area contributed by atoms with E-state index < -0.39 is 11.9 Å². The first-order valence-corrected chi connectivity index (χ1v) is 5.08. The summed E-state index contributed by atoms with van der Waals surface area (Å²) in [5, 5.41) is 15.8. The third-order valence-electron chi connectivity index (χ3n) is 2.40. The zero-order valence-electron chi connectivity index (χ0n) is 9.51.